The summed E-state index contributed by atoms with van der Waals surface area (Å²) in [7, 11) is 3.99. The van der Waals surface area contributed by atoms with Crippen molar-refractivity contribution in [2.24, 2.45) is 11.8 Å². The molecule has 3 aliphatic carbocycles. The van der Waals surface area contributed by atoms with Crippen molar-refractivity contribution in [3.63, 3.8) is 0 Å². The van der Waals surface area contributed by atoms with Gasteiger partial charge in [0, 0.05) is 25.9 Å². The second-order valence-electron chi connectivity index (χ2n) is 8.27. The van der Waals surface area contributed by atoms with Gasteiger partial charge in [0.15, 0.2) is 0 Å². The number of hydrogen-bond acceptors (Lipinski definition) is 2. The summed E-state index contributed by atoms with van der Waals surface area (Å²) in [6.45, 7) is 0. The van der Waals surface area contributed by atoms with E-state index in [-0.39, 0.29) is 35.7 Å². The third-order valence-corrected chi connectivity index (χ3v) is 7.07. The first-order chi connectivity index (χ1) is 11.6. The molecule has 1 aliphatic heterocycles. The average Bonchev–Trinajstić information content (AvgIpc) is 2.66. The molecule has 4 unspecified atom stereocenters. The quantitative estimate of drug-likeness (QED) is 0.640. The van der Waals surface area contributed by atoms with Gasteiger partial charge in [-0.05, 0) is 56.9 Å². The van der Waals surface area contributed by atoms with E-state index >= 15 is 0 Å². The highest BCUT2D eigenvalue weighted by Gasteiger charge is 2.46. The van der Waals surface area contributed by atoms with Crippen LogP contribution in [-0.4, -0.2) is 47.8 Å². The maximum Gasteiger partial charge on any atom is 0.226 e. The van der Waals surface area contributed by atoms with Crippen molar-refractivity contribution in [2.75, 3.05) is 14.1 Å². The van der Waals surface area contributed by atoms with Gasteiger partial charge in [-0.15, -0.1) is 0 Å². The molecule has 2 amide bonds. The maximum absolute atomic E-state index is 13.2. The molecule has 4 aliphatic rings. The van der Waals surface area contributed by atoms with Crippen LogP contribution in [0.15, 0.2) is 11.1 Å². The van der Waals surface area contributed by atoms with Crippen LogP contribution in [0.5, 0.6) is 0 Å². The molecule has 1 saturated carbocycles. The number of fused-ring (bicyclic) bond motifs is 1. The minimum Gasteiger partial charge on any atom is -0.339 e. The van der Waals surface area contributed by atoms with Gasteiger partial charge in [-0.25, -0.2) is 0 Å². The molecule has 132 valence electrons. The first kappa shape index (κ1) is 16.2. The lowest BCUT2D eigenvalue weighted by Crippen LogP contribution is -2.48. The molecule has 1 saturated heterocycles. The Morgan fingerprint density at radius 3 is 1.62 bits per heavy atom. The van der Waals surface area contributed by atoms with Crippen LogP contribution in [0, 0.1) is 11.8 Å². The van der Waals surface area contributed by atoms with E-state index in [4.69, 9.17) is 0 Å². The molecule has 1 heterocycles. The van der Waals surface area contributed by atoms with E-state index in [2.05, 4.69) is 0 Å². The number of carbonyl (C=O) groups is 2. The zero-order valence-corrected chi connectivity index (χ0v) is 15.1. The van der Waals surface area contributed by atoms with Gasteiger partial charge >= 0.3 is 0 Å². The Kier molecular flexibility index (Phi) is 4.17. The lowest BCUT2D eigenvalue weighted by molar-refractivity contribution is -0.147. The Hall–Kier alpha value is -1.32. The molecule has 0 aromatic carbocycles. The zero-order valence-electron chi connectivity index (χ0n) is 15.1. The molecule has 0 bridgehead atoms. The summed E-state index contributed by atoms with van der Waals surface area (Å²) in [5.41, 5.74) is 2.98. The summed E-state index contributed by atoms with van der Waals surface area (Å²) in [4.78, 5) is 30.5. The summed E-state index contributed by atoms with van der Waals surface area (Å²) in [6.07, 6.45) is 10.8. The summed E-state index contributed by atoms with van der Waals surface area (Å²) < 4.78 is 0. The van der Waals surface area contributed by atoms with Gasteiger partial charge < -0.3 is 9.80 Å². The lowest BCUT2D eigenvalue weighted by atomic mass is 9.75. The van der Waals surface area contributed by atoms with Crippen molar-refractivity contribution in [3.8, 4) is 0 Å². The fraction of sp³-hybridized carbons (Fsp3) is 0.800. The van der Waals surface area contributed by atoms with Crippen molar-refractivity contribution in [1.29, 1.82) is 0 Å². The van der Waals surface area contributed by atoms with E-state index in [0.717, 1.165) is 38.5 Å². The normalized spacial score (nSPS) is 37.4. The fourth-order valence-corrected chi connectivity index (χ4v) is 5.79. The van der Waals surface area contributed by atoms with Crippen molar-refractivity contribution < 1.29 is 9.59 Å². The molecule has 4 rings (SSSR count). The van der Waals surface area contributed by atoms with Crippen molar-refractivity contribution >= 4 is 11.8 Å². The van der Waals surface area contributed by atoms with E-state index in [1.165, 1.54) is 31.3 Å². The van der Waals surface area contributed by atoms with Gasteiger partial charge in [-0.3, -0.25) is 9.59 Å². The van der Waals surface area contributed by atoms with E-state index < -0.39 is 0 Å². The van der Waals surface area contributed by atoms with Crippen molar-refractivity contribution in [2.45, 2.75) is 76.3 Å². The monoisotopic (exact) mass is 330 g/mol. The smallest absolute Gasteiger partial charge is 0.226 e. The van der Waals surface area contributed by atoms with E-state index in [1.54, 1.807) is 5.57 Å². The second-order valence-corrected chi connectivity index (χ2v) is 8.27. The van der Waals surface area contributed by atoms with Gasteiger partial charge in [-0.2, -0.15) is 0 Å². The molecule has 4 nitrogen and oxygen atoms in total. The lowest BCUT2D eigenvalue weighted by Gasteiger charge is -2.43. The Balaban J connectivity index is 1.81. The molecule has 24 heavy (non-hydrogen) atoms. The summed E-state index contributed by atoms with van der Waals surface area (Å²) in [6, 6.07) is 0.449. The predicted molar refractivity (Wildman–Crippen MR) is 93.3 cm³/mol. The zero-order chi connectivity index (χ0) is 16.8. The number of rotatable bonds is 0. The molecular formula is C20H30N2O2. The van der Waals surface area contributed by atoms with Crippen LogP contribution < -0.4 is 0 Å². The third-order valence-electron chi connectivity index (χ3n) is 7.07. The van der Waals surface area contributed by atoms with Gasteiger partial charge in [0.2, 0.25) is 11.8 Å². The third kappa shape index (κ3) is 2.41. The Morgan fingerprint density at radius 1 is 0.708 bits per heavy atom. The summed E-state index contributed by atoms with van der Waals surface area (Å²) in [5.74, 6) is 0.271. The van der Waals surface area contributed by atoms with Gasteiger partial charge in [0.25, 0.3) is 0 Å². The van der Waals surface area contributed by atoms with Crippen LogP contribution in [0.2, 0.25) is 0 Å². The van der Waals surface area contributed by atoms with Crippen molar-refractivity contribution in [1.82, 2.24) is 9.80 Å². The highest BCUT2D eigenvalue weighted by molar-refractivity contribution is 5.89. The number of allylic oxidation sites excluding steroid dienone is 1. The van der Waals surface area contributed by atoms with E-state index in [0.29, 0.717) is 0 Å². The first-order valence-electron chi connectivity index (χ1n) is 9.84. The summed E-state index contributed by atoms with van der Waals surface area (Å²) in [5, 5.41) is 0. The number of carbonyl (C=O) groups excluding carboxylic acids is 2. The van der Waals surface area contributed by atoms with Crippen LogP contribution in [0.1, 0.15) is 64.2 Å². The number of nitrogens with zero attached hydrogens (tertiary/aromatic N) is 2. The van der Waals surface area contributed by atoms with Crippen LogP contribution in [-0.2, 0) is 9.59 Å². The number of likely N-dealkylation sites (N-methyl/N-ethyl adjacent to an activating group) is 2. The predicted octanol–water partition coefficient (Wildman–Crippen LogP) is 3.12. The molecule has 4 atom stereocenters. The molecule has 0 aromatic rings. The number of amides is 2. The first-order valence-corrected chi connectivity index (χ1v) is 9.84. The van der Waals surface area contributed by atoms with Crippen LogP contribution >= 0.6 is 0 Å². The Morgan fingerprint density at radius 2 is 1.17 bits per heavy atom. The molecule has 2 fully saturated rings. The minimum absolute atomic E-state index is 0.0928. The molecule has 0 N–H and O–H groups in total. The maximum atomic E-state index is 13.2. The minimum atomic E-state index is -0.0928. The van der Waals surface area contributed by atoms with Crippen LogP contribution in [0.25, 0.3) is 0 Å². The number of hydrogen-bond donors (Lipinski definition) is 0. The Labute approximate surface area is 145 Å². The standard InChI is InChI=1S/C20H30N2O2/c1-21-16-11-5-7-13-8-6-12-17(18(13)16)22(2)20(24)15-10-4-3-9-14(15)19(21)23/h14-17H,3-12H2,1-2H3. The highest BCUT2D eigenvalue weighted by Crippen LogP contribution is 2.43. The largest absolute Gasteiger partial charge is 0.339 e. The van der Waals surface area contributed by atoms with Gasteiger partial charge in [0.05, 0.1) is 12.1 Å². The molecule has 0 radical (unpaired) electrons. The SMILES string of the molecule is CN1C(=O)C2CCCCC2C(=O)N(C)C2CCCC3=C2C1CCC3. The van der Waals surface area contributed by atoms with Gasteiger partial charge in [-0.1, -0.05) is 18.4 Å². The molecule has 4 heteroatoms. The Bertz CT molecular complexity index is 534. The fourth-order valence-electron chi connectivity index (χ4n) is 5.79. The summed E-state index contributed by atoms with van der Waals surface area (Å²) >= 11 is 0. The average molecular weight is 330 g/mol. The molecule has 0 spiro atoms. The highest BCUT2D eigenvalue weighted by atomic mass is 16.2. The molecular weight excluding hydrogens is 300 g/mol. The van der Waals surface area contributed by atoms with Crippen LogP contribution in [0.4, 0.5) is 0 Å². The topological polar surface area (TPSA) is 40.6 Å². The molecule has 0 aromatic heterocycles. The second kappa shape index (κ2) is 6.20. The van der Waals surface area contributed by atoms with Gasteiger partial charge in [0.1, 0.15) is 0 Å². The van der Waals surface area contributed by atoms with E-state index in [9.17, 15) is 9.59 Å². The van der Waals surface area contributed by atoms with Crippen molar-refractivity contribution in [3.05, 3.63) is 11.1 Å². The van der Waals surface area contributed by atoms with E-state index in [1.807, 2.05) is 23.9 Å². The van der Waals surface area contributed by atoms with Crippen LogP contribution in [0.3, 0.4) is 0 Å².